The molecule has 0 bridgehead atoms. The molecule has 0 atom stereocenters. The van der Waals surface area contributed by atoms with Gasteiger partial charge in [0.1, 0.15) is 6.54 Å². The van der Waals surface area contributed by atoms with Crippen molar-refractivity contribution < 1.29 is 13.6 Å². The molecule has 0 aliphatic carbocycles. The predicted molar refractivity (Wildman–Crippen MR) is 131 cm³/mol. The monoisotopic (exact) mass is 490 g/mol. The topological polar surface area (TPSA) is 95.5 Å². The van der Waals surface area contributed by atoms with Crippen LogP contribution < -0.4 is 5.32 Å². The van der Waals surface area contributed by atoms with E-state index in [1.165, 1.54) is 10.7 Å². The van der Waals surface area contributed by atoms with Gasteiger partial charge in [-0.05, 0) is 19.9 Å². The highest BCUT2D eigenvalue weighted by Crippen LogP contribution is 2.33. The number of fused-ring (bicyclic) bond motifs is 1. The molecule has 5 rings (SSSR count). The third-order valence-electron chi connectivity index (χ3n) is 5.87. The largest absolute Gasteiger partial charge is 0.322 e. The molecule has 0 spiro atoms. The summed E-state index contributed by atoms with van der Waals surface area (Å²) >= 11 is 0. The predicted octanol–water partition coefficient (Wildman–Crippen LogP) is 4.27. The van der Waals surface area contributed by atoms with Gasteiger partial charge in [0.2, 0.25) is 5.91 Å². The molecule has 0 unspecified atom stereocenters. The summed E-state index contributed by atoms with van der Waals surface area (Å²) in [4.78, 5) is 17.4. The van der Waals surface area contributed by atoms with Crippen LogP contribution in [0.2, 0.25) is 0 Å². The van der Waals surface area contributed by atoms with Crippen molar-refractivity contribution in [3.8, 4) is 11.3 Å². The maximum atomic E-state index is 14.0. The Hall–Kier alpha value is -4.41. The molecule has 184 valence electrons. The van der Waals surface area contributed by atoms with Gasteiger partial charge in [0.05, 0.1) is 40.9 Å². The molecule has 11 heteroatoms. The van der Waals surface area contributed by atoms with Crippen molar-refractivity contribution in [1.82, 2.24) is 34.3 Å². The van der Waals surface area contributed by atoms with Gasteiger partial charge in [-0.15, -0.1) is 0 Å². The first-order chi connectivity index (χ1) is 17.3. The number of halogens is 2. The lowest BCUT2D eigenvalue weighted by atomic mass is 10.1. The molecule has 5 aromatic rings. The molecule has 0 saturated heterocycles. The lowest BCUT2D eigenvalue weighted by Gasteiger charge is -2.09. The molecule has 9 nitrogen and oxygen atoms in total. The number of aryl methyl sites for hydroxylation is 3. The summed E-state index contributed by atoms with van der Waals surface area (Å²) in [5.74, 6) is -0.373. The molecule has 0 fully saturated rings. The Balaban J connectivity index is 1.39. The average Bonchev–Trinajstić information content (AvgIpc) is 3.51. The number of hydrogen-bond donors (Lipinski definition) is 1. The molecule has 4 heterocycles. The van der Waals surface area contributed by atoms with E-state index in [2.05, 4.69) is 25.6 Å². The summed E-state index contributed by atoms with van der Waals surface area (Å²) in [5, 5.41) is 16.0. The van der Waals surface area contributed by atoms with Gasteiger partial charge in [0.15, 0.2) is 5.65 Å². The number of aromatic nitrogens is 7. The molecule has 1 N–H and O–H groups in total. The number of alkyl halides is 2. The molecule has 0 aliphatic heterocycles. The quantitative estimate of drug-likeness (QED) is 0.368. The third-order valence-corrected chi connectivity index (χ3v) is 5.87. The number of carbonyl (C=O) groups is 1. The van der Waals surface area contributed by atoms with E-state index in [-0.39, 0.29) is 29.0 Å². The van der Waals surface area contributed by atoms with Crippen molar-refractivity contribution >= 4 is 22.6 Å². The number of pyridine rings is 1. The number of carbonyl (C=O) groups excluding carboxylic acids is 1. The third kappa shape index (κ3) is 4.59. The van der Waals surface area contributed by atoms with E-state index in [0.717, 1.165) is 11.3 Å². The minimum absolute atomic E-state index is 0.157. The molecule has 1 aromatic carbocycles. The number of rotatable bonds is 7. The first kappa shape index (κ1) is 23.3. The Labute approximate surface area is 205 Å². The van der Waals surface area contributed by atoms with Gasteiger partial charge >= 0.3 is 0 Å². The van der Waals surface area contributed by atoms with Crippen LogP contribution in [0.25, 0.3) is 22.3 Å². The van der Waals surface area contributed by atoms with Crippen LogP contribution in [-0.4, -0.2) is 40.2 Å². The number of nitrogens with zero attached hydrogens (tertiary/aromatic N) is 7. The Morgan fingerprint density at radius 2 is 1.86 bits per heavy atom. The van der Waals surface area contributed by atoms with E-state index >= 15 is 0 Å². The van der Waals surface area contributed by atoms with E-state index in [9.17, 15) is 13.6 Å². The van der Waals surface area contributed by atoms with Crippen molar-refractivity contribution in [2.24, 2.45) is 7.05 Å². The Morgan fingerprint density at radius 1 is 1.08 bits per heavy atom. The molecule has 0 radical (unpaired) electrons. The number of benzene rings is 1. The van der Waals surface area contributed by atoms with E-state index in [1.807, 2.05) is 38.4 Å². The average molecular weight is 491 g/mol. The van der Waals surface area contributed by atoms with Gasteiger partial charge in [-0.2, -0.15) is 15.3 Å². The molecule has 4 aromatic heterocycles. The second kappa shape index (κ2) is 9.33. The number of amides is 1. The fraction of sp³-hybridized carbons (Fsp3) is 0.240. The Bertz CT molecular complexity index is 1550. The van der Waals surface area contributed by atoms with Crippen molar-refractivity contribution in [1.29, 1.82) is 0 Å². The summed E-state index contributed by atoms with van der Waals surface area (Å²) in [7, 11) is 1.86. The maximum absolute atomic E-state index is 14.0. The zero-order valence-corrected chi connectivity index (χ0v) is 20.0. The Morgan fingerprint density at radius 3 is 2.56 bits per heavy atom. The van der Waals surface area contributed by atoms with Crippen molar-refractivity contribution in [2.75, 3.05) is 5.32 Å². The van der Waals surface area contributed by atoms with Gasteiger partial charge in [-0.25, -0.2) is 18.4 Å². The highest BCUT2D eigenvalue weighted by atomic mass is 19.3. The van der Waals surface area contributed by atoms with Gasteiger partial charge < -0.3 is 5.32 Å². The normalized spacial score (nSPS) is 11.5. The smallest absolute Gasteiger partial charge is 0.264 e. The van der Waals surface area contributed by atoms with Gasteiger partial charge in [0, 0.05) is 36.1 Å². The molecule has 0 aliphatic rings. The van der Waals surface area contributed by atoms with Crippen LogP contribution >= 0.6 is 0 Å². The zero-order chi connectivity index (χ0) is 25.4. The maximum Gasteiger partial charge on any atom is 0.264 e. The number of hydrogen-bond acceptors (Lipinski definition) is 5. The highest BCUT2D eigenvalue weighted by molar-refractivity contribution is 5.92. The van der Waals surface area contributed by atoms with E-state index in [1.54, 1.807) is 40.8 Å². The van der Waals surface area contributed by atoms with Crippen LogP contribution in [0.5, 0.6) is 0 Å². The minimum atomic E-state index is -2.71. The lowest BCUT2D eigenvalue weighted by Crippen LogP contribution is -2.19. The van der Waals surface area contributed by atoms with Crippen LogP contribution in [0.4, 0.5) is 14.5 Å². The minimum Gasteiger partial charge on any atom is -0.322 e. The number of anilines is 1. The van der Waals surface area contributed by atoms with Crippen LogP contribution in [-0.2, 0) is 24.9 Å². The van der Waals surface area contributed by atoms with Crippen LogP contribution in [0, 0.1) is 13.8 Å². The molecule has 1 amide bonds. The summed E-state index contributed by atoms with van der Waals surface area (Å²) in [6.45, 7) is 3.89. The summed E-state index contributed by atoms with van der Waals surface area (Å²) in [6.07, 6.45) is 2.48. The highest BCUT2D eigenvalue weighted by Gasteiger charge is 2.22. The van der Waals surface area contributed by atoms with Crippen LogP contribution in [0.1, 0.15) is 28.9 Å². The first-order valence-corrected chi connectivity index (χ1v) is 11.3. The number of nitrogens with one attached hydrogen (secondary N) is 1. The molecule has 36 heavy (non-hydrogen) atoms. The molecular weight excluding hydrogens is 466 g/mol. The van der Waals surface area contributed by atoms with E-state index in [4.69, 9.17) is 0 Å². The second-order valence-electron chi connectivity index (χ2n) is 8.59. The zero-order valence-electron chi connectivity index (χ0n) is 20.0. The SMILES string of the molecule is Cc1nn(C)cc1Cn1cc(NC(=O)Cn2nc(C)c3c(C(F)F)cc(-c4ccccc4)nc32)cn1. The summed E-state index contributed by atoms with van der Waals surface area (Å²) < 4.78 is 32.7. The molecule has 0 saturated carbocycles. The Kier molecular flexibility index (Phi) is 6.05. The summed E-state index contributed by atoms with van der Waals surface area (Å²) in [6, 6.07) is 10.5. The first-order valence-electron chi connectivity index (χ1n) is 11.3. The van der Waals surface area contributed by atoms with Crippen molar-refractivity contribution in [3.05, 3.63) is 77.5 Å². The van der Waals surface area contributed by atoms with Crippen LogP contribution in [0.3, 0.4) is 0 Å². The van der Waals surface area contributed by atoms with E-state index in [0.29, 0.717) is 29.2 Å². The van der Waals surface area contributed by atoms with Crippen LogP contribution in [0.15, 0.2) is 55.0 Å². The fourth-order valence-corrected chi connectivity index (χ4v) is 4.26. The standard InChI is InChI=1S/C25H24F2N8O/c1-15-18(11-33(3)31-15)12-34-13-19(10-28-34)29-22(36)14-35-25-23(16(2)32-35)20(24(26)27)9-21(30-25)17-7-5-4-6-8-17/h4-11,13,24H,12,14H2,1-3H3,(H,29,36). The lowest BCUT2D eigenvalue weighted by molar-refractivity contribution is -0.116. The van der Waals surface area contributed by atoms with Crippen molar-refractivity contribution in [2.45, 2.75) is 33.4 Å². The van der Waals surface area contributed by atoms with Crippen molar-refractivity contribution in [3.63, 3.8) is 0 Å². The fourth-order valence-electron chi connectivity index (χ4n) is 4.26. The second-order valence-corrected chi connectivity index (χ2v) is 8.59. The van der Waals surface area contributed by atoms with Gasteiger partial charge in [-0.3, -0.25) is 14.2 Å². The van der Waals surface area contributed by atoms with Gasteiger partial charge in [0.25, 0.3) is 6.43 Å². The van der Waals surface area contributed by atoms with E-state index < -0.39 is 6.43 Å². The molecular formula is C25H24F2N8O. The van der Waals surface area contributed by atoms with Gasteiger partial charge in [-0.1, -0.05) is 30.3 Å². The summed E-state index contributed by atoms with van der Waals surface area (Å²) in [5.41, 5.74) is 4.01.